The molecular weight excluding hydrogens is 486 g/mol. The van der Waals surface area contributed by atoms with Crippen LogP contribution in [0.2, 0.25) is 0 Å². The molecule has 2 heterocycles. The van der Waals surface area contributed by atoms with E-state index in [4.69, 9.17) is 0 Å². The number of carbonyl (C=O) groups excluding carboxylic acids is 1. The van der Waals surface area contributed by atoms with Gasteiger partial charge in [-0.25, -0.2) is 8.42 Å². The maximum atomic E-state index is 13.3. The van der Waals surface area contributed by atoms with Crippen molar-refractivity contribution in [2.75, 3.05) is 13.1 Å². The molecule has 186 valence electrons. The molecule has 1 aromatic heterocycles. The van der Waals surface area contributed by atoms with Gasteiger partial charge < -0.3 is 10.0 Å². The summed E-state index contributed by atoms with van der Waals surface area (Å²) < 4.78 is 26.5. The van der Waals surface area contributed by atoms with Crippen molar-refractivity contribution < 1.29 is 18.3 Å². The van der Waals surface area contributed by atoms with Crippen LogP contribution < -0.4 is 0 Å². The Bertz CT molecular complexity index is 1620. The molecule has 1 saturated heterocycles. The van der Waals surface area contributed by atoms with Gasteiger partial charge in [-0.1, -0.05) is 54.6 Å². The molecular formula is C29H25N3O4S. The van der Waals surface area contributed by atoms with Crippen LogP contribution in [0.1, 0.15) is 39.9 Å². The Morgan fingerprint density at radius 3 is 2.46 bits per heavy atom. The highest BCUT2D eigenvalue weighted by Crippen LogP contribution is 2.33. The van der Waals surface area contributed by atoms with E-state index in [1.807, 2.05) is 36.4 Å². The topological polar surface area (TPSA) is 111 Å². The molecule has 0 spiro atoms. The largest absolute Gasteiger partial charge is 0.385 e. The summed E-state index contributed by atoms with van der Waals surface area (Å²) in [6.07, 6.45) is 2.33. The quantitative estimate of drug-likeness (QED) is 0.430. The third kappa shape index (κ3) is 4.84. The Kier molecular flexibility index (Phi) is 6.50. The molecule has 1 aliphatic rings. The molecule has 1 N–H and O–H groups in total. The van der Waals surface area contributed by atoms with Gasteiger partial charge in [-0.2, -0.15) is 5.26 Å². The van der Waals surface area contributed by atoms with Crippen molar-refractivity contribution in [3.05, 3.63) is 107 Å². The molecule has 0 saturated carbocycles. The van der Waals surface area contributed by atoms with Crippen LogP contribution in [0.4, 0.5) is 0 Å². The number of nitrogens with zero attached hydrogens (tertiary/aromatic N) is 3. The van der Waals surface area contributed by atoms with Crippen LogP contribution in [0.25, 0.3) is 10.9 Å². The van der Waals surface area contributed by atoms with Gasteiger partial charge in [-0.05, 0) is 48.2 Å². The van der Waals surface area contributed by atoms with Crippen molar-refractivity contribution in [2.45, 2.75) is 29.1 Å². The number of aliphatic hydroxyl groups is 1. The Labute approximate surface area is 215 Å². The minimum Gasteiger partial charge on any atom is -0.385 e. The molecule has 0 atom stereocenters. The van der Waals surface area contributed by atoms with Crippen LogP contribution in [0, 0.1) is 11.3 Å². The van der Waals surface area contributed by atoms with E-state index in [0.29, 0.717) is 37.0 Å². The summed E-state index contributed by atoms with van der Waals surface area (Å²) >= 11 is 0. The van der Waals surface area contributed by atoms with Gasteiger partial charge in [-0.3, -0.25) is 9.78 Å². The minimum absolute atomic E-state index is 0.123. The highest BCUT2D eigenvalue weighted by molar-refractivity contribution is 7.90. The predicted octanol–water partition coefficient (Wildman–Crippen LogP) is 4.20. The summed E-state index contributed by atoms with van der Waals surface area (Å²) in [6, 6.07) is 24.6. The molecule has 5 rings (SSSR count). The number of sulfone groups is 1. The number of amides is 1. The first-order valence-electron chi connectivity index (χ1n) is 12.0. The second kappa shape index (κ2) is 9.77. The zero-order valence-corrected chi connectivity index (χ0v) is 20.9. The zero-order valence-electron chi connectivity index (χ0n) is 20.0. The van der Waals surface area contributed by atoms with E-state index in [9.17, 15) is 23.6 Å². The first-order valence-corrected chi connectivity index (χ1v) is 13.6. The average Bonchev–Trinajstić information content (AvgIpc) is 2.93. The lowest BCUT2D eigenvalue weighted by Crippen LogP contribution is -2.45. The number of benzene rings is 3. The smallest absolute Gasteiger partial charge is 0.255 e. The molecule has 4 aromatic rings. The van der Waals surface area contributed by atoms with Gasteiger partial charge in [0, 0.05) is 24.7 Å². The third-order valence-electron chi connectivity index (χ3n) is 6.91. The van der Waals surface area contributed by atoms with Gasteiger partial charge in [-0.15, -0.1) is 0 Å². The first-order chi connectivity index (χ1) is 17.8. The molecule has 0 aliphatic carbocycles. The Morgan fingerprint density at radius 2 is 1.73 bits per heavy atom. The van der Waals surface area contributed by atoms with E-state index >= 15 is 0 Å². The average molecular weight is 512 g/mol. The van der Waals surface area contributed by atoms with E-state index in [-0.39, 0.29) is 27.7 Å². The van der Waals surface area contributed by atoms with Crippen molar-refractivity contribution in [1.82, 2.24) is 9.88 Å². The Balaban J connectivity index is 1.35. The van der Waals surface area contributed by atoms with Gasteiger partial charge in [0.1, 0.15) is 0 Å². The predicted molar refractivity (Wildman–Crippen MR) is 139 cm³/mol. The zero-order chi connectivity index (χ0) is 26.0. The summed E-state index contributed by atoms with van der Waals surface area (Å²) in [5.41, 5.74) is 0.992. The van der Waals surface area contributed by atoms with Crippen molar-refractivity contribution in [2.24, 2.45) is 0 Å². The van der Waals surface area contributed by atoms with Crippen molar-refractivity contribution in [3.63, 3.8) is 0 Å². The van der Waals surface area contributed by atoms with E-state index in [0.717, 1.165) is 10.9 Å². The van der Waals surface area contributed by atoms with Crippen LogP contribution in [0.5, 0.6) is 0 Å². The number of carbonyl (C=O) groups is 1. The van der Waals surface area contributed by atoms with Crippen LogP contribution in [-0.4, -0.2) is 42.4 Å². The Hall–Kier alpha value is -4.06. The van der Waals surface area contributed by atoms with Gasteiger partial charge >= 0.3 is 0 Å². The number of hydrogen-bond donors (Lipinski definition) is 1. The summed E-state index contributed by atoms with van der Waals surface area (Å²) in [4.78, 5) is 19.3. The normalized spacial score (nSPS) is 15.3. The van der Waals surface area contributed by atoms with E-state index in [2.05, 4.69) is 4.98 Å². The summed E-state index contributed by atoms with van der Waals surface area (Å²) in [5, 5.41) is 21.5. The molecule has 0 unspecified atom stereocenters. The van der Waals surface area contributed by atoms with Gasteiger partial charge in [0.15, 0.2) is 9.84 Å². The monoisotopic (exact) mass is 511 g/mol. The fraction of sp³-hybridized carbons (Fsp3) is 0.207. The first kappa shape index (κ1) is 24.6. The molecule has 1 aliphatic heterocycles. The summed E-state index contributed by atoms with van der Waals surface area (Å²) in [6.45, 7) is 0.693. The maximum absolute atomic E-state index is 13.3. The highest BCUT2D eigenvalue weighted by atomic mass is 32.2. The number of hydrogen-bond acceptors (Lipinski definition) is 6. The van der Waals surface area contributed by atoms with E-state index in [1.165, 1.54) is 18.2 Å². The lowest BCUT2D eigenvalue weighted by molar-refractivity contribution is -0.0211. The molecule has 1 fully saturated rings. The second-order valence-corrected chi connectivity index (χ2v) is 11.2. The molecule has 0 radical (unpaired) electrons. The summed E-state index contributed by atoms with van der Waals surface area (Å²) in [5.74, 6) is -0.626. The second-order valence-electron chi connectivity index (χ2n) is 9.27. The fourth-order valence-electron chi connectivity index (χ4n) is 4.87. The number of fused-ring (bicyclic) bond motifs is 1. The molecule has 37 heavy (non-hydrogen) atoms. The number of para-hydroxylation sites is 1. The van der Waals surface area contributed by atoms with Crippen LogP contribution in [0.15, 0.2) is 90.0 Å². The fourth-order valence-corrected chi connectivity index (χ4v) is 6.40. The standard InChI is InChI=1S/C29H25N3O4S/c30-19-23-18-21(20-37(35,36)26-10-4-6-22-7-5-15-31-27(22)26)11-12-25(23)28(33)32-16-13-29(34,14-17-32)24-8-2-1-3-9-24/h1-12,15,18,34H,13-14,16-17,20H2. The van der Waals surface area contributed by atoms with Crippen molar-refractivity contribution in [1.29, 1.82) is 5.26 Å². The minimum atomic E-state index is -3.75. The third-order valence-corrected chi connectivity index (χ3v) is 8.62. The van der Waals surface area contributed by atoms with Crippen molar-refractivity contribution >= 4 is 26.6 Å². The number of nitriles is 1. The number of rotatable bonds is 5. The maximum Gasteiger partial charge on any atom is 0.255 e. The molecule has 0 bridgehead atoms. The number of piperidine rings is 1. The van der Waals surface area contributed by atoms with E-state index in [1.54, 1.807) is 41.4 Å². The molecule has 7 nitrogen and oxygen atoms in total. The van der Waals surface area contributed by atoms with Gasteiger partial charge in [0.2, 0.25) is 0 Å². The Morgan fingerprint density at radius 1 is 1.00 bits per heavy atom. The highest BCUT2D eigenvalue weighted by Gasteiger charge is 2.36. The molecule has 8 heteroatoms. The SMILES string of the molecule is N#Cc1cc(CS(=O)(=O)c2cccc3cccnc23)ccc1C(=O)N1CCC(O)(c2ccccc2)CC1. The summed E-state index contributed by atoms with van der Waals surface area (Å²) in [7, 11) is -3.75. The van der Waals surface area contributed by atoms with Crippen LogP contribution in [0.3, 0.4) is 0 Å². The van der Waals surface area contributed by atoms with E-state index < -0.39 is 15.4 Å². The van der Waals surface area contributed by atoms with Crippen molar-refractivity contribution in [3.8, 4) is 6.07 Å². The molecule has 3 aromatic carbocycles. The van der Waals surface area contributed by atoms with Crippen LogP contribution in [-0.2, 0) is 21.2 Å². The number of aromatic nitrogens is 1. The number of likely N-dealkylation sites (tertiary alicyclic amines) is 1. The lowest BCUT2D eigenvalue weighted by Gasteiger charge is -2.38. The van der Waals surface area contributed by atoms with Crippen LogP contribution >= 0.6 is 0 Å². The number of pyridine rings is 1. The van der Waals surface area contributed by atoms with Gasteiger partial charge in [0.25, 0.3) is 5.91 Å². The van der Waals surface area contributed by atoms with Gasteiger partial charge in [0.05, 0.1) is 39.0 Å². The molecule has 1 amide bonds. The lowest BCUT2D eigenvalue weighted by atomic mass is 9.84.